The van der Waals surface area contributed by atoms with Crippen LogP contribution in [0, 0.1) is 0 Å². The van der Waals surface area contributed by atoms with Crippen molar-refractivity contribution in [2.75, 3.05) is 57.5 Å². The molecular formula is C16H25N3OS. The summed E-state index contributed by atoms with van der Waals surface area (Å²) in [5.41, 5.74) is 1.23. The van der Waals surface area contributed by atoms with Crippen molar-refractivity contribution in [3.8, 4) is 5.75 Å². The second-order valence-electron chi connectivity index (χ2n) is 5.69. The predicted molar refractivity (Wildman–Crippen MR) is 90.7 cm³/mol. The normalized spacial score (nSPS) is 27.0. The van der Waals surface area contributed by atoms with Crippen molar-refractivity contribution in [3.63, 3.8) is 0 Å². The Morgan fingerprint density at radius 1 is 1.14 bits per heavy atom. The molecule has 0 aromatic heterocycles. The number of ether oxygens (including phenoxy) is 1. The molecule has 2 unspecified atom stereocenters. The minimum Gasteiger partial charge on any atom is -0.495 e. The van der Waals surface area contributed by atoms with Crippen LogP contribution in [0.3, 0.4) is 0 Å². The topological polar surface area (TPSA) is 27.7 Å². The molecule has 2 atom stereocenters. The number of hydrogen-bond acceptors (Lipinski definition) is 5. The zero-order valence-electron chi connectivity index (χ0n) is 12.9. The van der Waals surface area contributed by atoms with Crippen molar-refractivity contribution in [3.05, 3.63) is 24.3 Å². The van der Waals surface area contributed by atoms with Crippen LogP contribution in [-0.2, 0) is 0 Å². The Hall–Kier alpha value is -0.910. The second kappa shape index (κ2) is 6.90. The molecule has 4 nitrogen and oxygen atoms in total. The largest absolute Gasteiger partial charge is 0.495 e. The quantitative estimate of drug-likeness (QED) is 0.910. The van der Waals surface area contributed by atoms with Gasteiger partial charge in [0, 0.05) is 50.6 Å². The Morgan fingerprint density at radius 3 is 2.62 bits per heavy atom. The summed E-state index contributed by atoms with van der Waals surface area (Å²) in [5, 5.41) is 4.27. The van der Waals surface area contributed by atoms with Gasteiger partial charge in [-0.1, -0.05) is 12.1 Å². The van der Waals surface area contributed by atoms with E-state index in [1.807, 2.05) is 23.9 Å². The molecule has 2 aliphatic rings. The molecule has 0 spiro atoms. The van der Waals surface area contributed by atoms with E-state index >= 15 is 0 Å². The van der Waals surface area contributed by atoms with Crippen molar-refractivity contribution in [2.45, 2.75) is 11.3 Å². The lowest BCUT2D eigenvalue weighted by Gasteiger charge is -2.40. The maximum atomic E-state index is 5.49. The lowest BCUT2D eigenvalue weighted by Crippen LogP contribution is -2.53. The fourth-order valence-electron chi connectivity index (χ4n) is 3.43. The van der Waals surface area contributed by atoms with Crippen LogP contribution in [-0.4, -0.2) is 68.8 Å². The summed E-state index contributed by atoms with van der Waals surface area (Å²) in [5.74, 6) is 0.982. The molecule has 5 heteroatoms. The van der Waals surface area contributed by atoms with Crippen molar-refractivity contribution in [1.29, 1.82) is 0 Å². The van der Waals surface area contributed by atoms with E-state index < -0.39 is 0 Å². The van der Waals surface area contributed by atoms with E-state index in [9.17, 15) is 0 Å². The third kappa shape index (κ3) is 3.15. The average Bonchev–Trinajstić information content (AvgIpc) is 3.03. The number of rotatable bonds is 4. The highest BCUT2D eigenvalue weighted by Gasteiger charge is 2.33. The van der Waals surface area contributed by atoms with Crippen LogP contribution in [0.15, 0.2) is 24.3 Å². The van der Waals surface area contributed by atoms with Crippen LogP contribution >= 0.6 is 11.8 Å². The number of anilines is 1. The highest BCUT2D eigenvalue weighted by atomic mass is 32.2. The number of methoxy groups -OCH3 is 1. The molecule has 21 heavy (non-hydrogen) atoms. The second-order valence-corrected chi connectivity index (χ2v) is 6.77. The van der Waals surface area contributed by atoms with E-state index in [2.05, 4.69) is 33.5 Å². The van der Waals surface area contributed by atoms with Crippen LogP contribution in [0.2, 0.25) is 0 Å². The molecule has 2 aliphatic heterocycles. The van der Waals surface area contributed by atoms with Gasteiger partial charge in [0.15, 0.2) is 0 Å². The summed E-state index contributed by atoms with van der Waals surface area (Å²) in [7, 11) is 1.75. The van der Waals surface area contributed by atoms with Gasteiger partial charge in [0.25, 0.3) is 0 Å². The zero-order chi connectivity index (χ0) is 14.7. The molecule has 116 valence electrons. The number of benzene rings is 1. The van der Waals surface area contributed by atoms with E-state index in [0.29, 0.717) is 6.04 Å². The standard InChI is InChI=1S/C16H25N3OS/c1-20-15-6-4-3-5-13(15)18-7-9-19(10-8-18)14-11-17-12-16(14)21-2/h3-6,14,16-17H,7-12H2,1-2H3. The highest BCUT2D eigenvalue weighted by molar-refractivity contribution is 7.99. The maximum absolute atomic E-state index is 5.49. The number of nitrogens with zero attached hydrogens (tertiary/aromatic N) is 2. The van der Waals surface area contributed by atoms with Gasteiger partial charge in [0.1, 0.15) is 5.75 Å². The monoisotopic (exact) mass is 307 g/mol. The number of para-hydroxylation sites is 2. The number of piperazine rings is 1. The number of nitrogens with one attached hydrogen (secondary N) is 1. The molecule has 0 saturated carbocycles. The number of hydrogen-bond donors (Lipinski definition) is 1. The first kappa shape index (κ1) is 15.0. The molecule has 0 aliphatic carbocycles. The van der Waals surface area contributed by atoms with Gasteiger partial charge in [-0.15, -0.1) is 0 Å². The van der Waals surface area contributed by atoms with Gasteiger partial charge in [-0.3, -0.25) is 4.90 Å². The molecule has 1 aromatic rings. The van der Waals surface area contributed by atoms with Gasteiger partial charge in [0.05, 0.1) is 12.8 Å². The van der Waals surface area contributed by atoms with Gasteiger partial charge in [0.2, 0.25) is 0 Å². The Balaban J connectivity index is 1.62. The highest BCUT2D eigenvalue weighted by Crippen LogP contribution is 2.29. The first-order valence-corrected chi connectivity index (χ1v) is 8.98. The summed E-state index contributed by atoms with van der Waals surface area (Å²) in [6.07, 6.45) is 2.23. The zero-order valence-corrected chi connectivity index (χ0v) is 13.7. The van der Waals surface area contributed by atoms with Gasteiger partial charge >= 0.3 is 0 Å². The Bertz CT molecular complexity index is 463. The molecule has 3 rings (SSSR count). The molecule has 0 bridgehead atoms. The average molecular weight is 307 g/mol. The lowest BCUT2D eigenvalue weighted by atomic mass is 10.1. The molecule has 0 radical (unpaired) electrons. The van der Waals surface area contributed by atoms with Gasteiger partial charge in [-0.2, -0.15) is 11.8 Å². The molecular weight excluding hydrogens is 282 g/mol. The summed E-state index contributed by atoms with van der Waals surface area (Å²) in [4.78, 5) is 5.11. The van der Waals surface area contributed by atoms with E-state index in [4.69, 9.17) is 4.74 Å². The third-order valence-electron chi connectivity index (χ3n) is 4.64. The van der Waals surface area contributed by atoms with Crippen LogP contribution in [0.1, 0.15) is 0 Å². The smallest absolute Gasteiger partial charge is 0.142 e. The summed E-state index contributed by atoms with van der Waals surface area (Å²) in [6.45, 7) is 6.73. The van der Waals surface area contributed by atoms with E-state index in [1.165, 1.54) is 5.69 Å². The Morgan fingerprint density at radius 2 is 1.90 bits per heavy atom. The van der Waals surface area contributed by atoms with E-state index in [0.717, 1.165) is 50.3 Å². The molecule has 2 saturated heterocycles. The number of thioether (sulfide) groups is 1. The van der Waals surface area contributed by atoms with Crippen molar-refractivity contribution in [1.82, 2.24) is 10.2 Å². The van der Waals surface area contributed by atoms with Crippen molar-refractivity contribution >= 4 is 17.4 Å². The van der Waals surface area contributed by atoms with Crippen LogP contribution in [0.4, 0.5) is 5.69 Å². The molecule has 2 fully saturated rings. The molecule has 0 amide bonds. The molecule has 1 N–H and O–H groups in total. The SMILES string of the molecule is COc1ccccc1N1CCN(C2CNCC2SC)CC1. The minimum atomic E-state index is 0.694. The molecule has 1 aromatic carbocycles. The van der Waals surface area contributed by atoms with Crippen LogP contribution in [0.25, 0.3) is 0 Å². The summed E-state index contributed by atoms with van der Waals surface area (Å²) >= 11 is 2.00. The van der Waals surface area contributed by atoms with Crippen LogP contribution < -0.4 is 15.0 Å². The fraction of sp³-hybridized carbons (Fsp3) is 0.625. The van der Waals surface area contributed by atoms with E-state index in [-0.39, 0.29) is 0 Å². The Labute approximate surface area is 131 Å². The third-order valence-corrected chi connectivity index (χ3v) is 5.73. The van der Waals surface area contributed by atoms with Gasteiger partial charge in [-0.05, 0) is 18.4 Å². The Kier molecular flexibility index (Phi) is 4.93. The van der Waals surface area contributed by atoms with Crippen molar-refractivity contribution in [2.24, 2.45) is 0 Å². The predicted octanol–water partition coefficient (Wildman–Crippen LogP) is 1.52. The van der Waals surface area contributed by atoms with Crippen LogP contribution in [0.5, 0.6) is 5.75 Å². The van der Waals surface area contributed by atoms with E-state index in [1.54, 1.807) is 7.11 Å². The first-order valence-electron chi connectivity index (χ1n) is 7.69. The summed E-state index contributed by atoms with van der Waals surface area (Å²) < 4.78 is 5.49. The first-order chi connectivity index (χ1) is 10.3. The maximum Gasteiger partial charge on any atom is 0.142 e. The van der Waals surface area contributed by atoms with Crippen molar-refractivity contribution < 1.29 is 4.74 Å². The van der Waals surface area contributed by atoms with Gasteiger partial charge in [-0.25, -0.2) is 0 Å². The van der Waals surface area contributed by atoms with Gasteiger partial charge < -0.3 is 15.0 Å². The lowest BCUT2D eigenvalue weighted by molar-refractivity contribution is 0.199. The fourth-order valence-corrected chi connectivity index (χ4v) is 4.30. The molecule has 2 heterocycles. The summed E-state index contributed by atoms with van der Waals surface area (Å²) in [6, 6.07) is 9.03. The minimum absolute atomic E-state index is 0.694.